The average molecular weight is 523 g/mol. The summed E-state index contributed by atoms with van der Waals surface area (Å²) < 4.78 is 6.61. The first-order chi connectivity index (χ1) is 17.4. The summed E-state index contributed by atoms with van der Waals surface area (Å²) in [6.45, 7) is 1.80. The number of carbonyl (C=O) groups is 2. The first-order valence-electron chi connectivity index (χ1n) is 10.9. The number of carbonyl (C=O) groups excluding carboxylic acids is 2. The molecule has 0 fully saturated rings. The van der Waals surface area contributed by atoms with Crippen LogP contribution in [0, 0.1) is 6.92 Å². The molecule has 0 atom stereocenters. The molecule has 0 saturated heterocycles. The molecule has 4 rings (SSSR count). The van der Waals surface area contributed by atoms with Crippen LogP contribution < -0.4 is 15.4 Å². The summed E-state index contributed by atoms with van der Waals surface area (Å²) in [6.07, 6.45) is 3.28. The van der Waals surface area contributed by atoms with Crippen molar-refractivity contribution in [3.8, 4) is 17.1 Å². The summed E-state index contributed by atoms with van der Waals surface area (Å²) in [5.74, 6) is 0.692. The monoisotopic (exact) mass is 522 g/mol. The van der Waals surface area contributed by atoms with Crippen molar-refractivity contribution >= 4 is 46.6 Å². The van der Waals surface area contributed by atoms with Crippen LogP contribution in [0.25, 0.3) is 11.4 Å². The summed E-state index contributed by atoms with van der Waals surface area (Å²) in [5.41, 5.74) is 2.90. The van der Waals surface area contributed by atoms with Crippen LogP contribution in [0.1, 0.15) is 5.56 Å². The predicted octanol–water partition coefficient (Wildman–Crippen LogP) is 4.68. The molecule has 36 heavy (non-hydrogen) atoms. The lowest BCUT2D eigenvalue weighted by atomic mass is 10.2. The van der Waals surface area contributed by atoms with Gasteiger partial charge in [-0.25, -0.2) is 9.67 Å². The number of hydrogen-bond donors (Lipinski definition) is 2. The average Bonchev–Trinajstić information content (AvgIpc) is 3.28. The van der Waals surface area contributed by atoms with Gasteiger partial charge >= 0.3 is 0 Å². The van der Waals surface area contributed by atoms with E-state index in [1.54, 1.807) is 68.0 Å². The SMILES string of the molecule is COc1ccc(NC(=O)CSc2nc(-c3ccncc3)nn2CC(=O)Nc2ccc(C)c(Cl)c2)cc1. The number of ether oxygens (including phenoxy) is 1. The number of pyridine rings is 1. The number of anilines is 2. The van der Waals surface area contributed by atoms with Crippen LogP contribution in [0.4, 0.5) is 11.4 Å². The number of aryl methyl sites for hydroxylation is 1. The molecule has 0 aliphatic heterocycles. The first-order valence-corrected chi connectivity index (χ1v) is 12.3. The summed E-state index contributed by atoms with van der Waals surface area (Å²) in [4.78, 5) is 33.9. The van der Waals surface area contributed by atoms with Gasteiger partial charge in [-0.05, 0) is 61.0 Å². The number of thioether (sulfide) groups is 1. The van der Waals surface area contributed by atoms with E-state index in [0.29, 0.717) is 33.1 Å². The van der Waals surface area contributed by atoms with Crippen molar-refractivity contribution in [2.45, 2.75) is 18.6 Å². The molecular weight excluding hydrogens is 500 g/mol. The number of amides is 2. The number of methoxy groups -OCH3 is 1. The van der Waals surface area contributed by atoms with Crippen molar-refractivity contribution in [1.29, 1.82) is 0 Å². The summed E-state index contributed by atoms with van der Waals surface area (Å²) >= 11 is 7.35. The van der Waals surface area contributed by atoms with Gasteiger partial charge in [-0.2, -0.15) is 0 Å². The van der Waals surface area contributed by atoms with Crippen molar-refractivity contribution < 1.29 is 14.3 Å². The molecule has 4 aromatic rings. The zero-order valence-electron chi connectivity index (χ0n) is 19.6. The number of nitrogens with one attached hydrogen (secondary N) is 2. The fraction of sp³-hybridized carbons (Fsp3) is 0.160. The zero-order valence-corrected chi connectivity index (χ0v) is 21.1. The molecule has 9 nitrogen and oxygen atoms in total. The molecule has 2 heterocycles. The number of rotatable bonds is 9. The zero-order chi connectivity index (χ0) is 25.5. The minimum Gasteiger partial charge on any atom is -0.497 e. The Balaban J connectivity index is 1.47. The number of halogens is 1. The van der Waals surface area contributed by atoms with Crippen molar-refractivity contribution in [3.05, 3.63) is 77.6 Å². The summed E-state index contributed by atoms with van der Waals surface area (Å²) in [5, 5.41) is 11.1. The van der Waals surface area contributed by atoms with Gasteiger partial charge in [0.2, 0.25) is 11.8 Å². The van der Waals surface area contributed by atoms with Gasteiger partial charge in [0, 0.05) is 34.4 Å². The molecule has 0 aliphatic carbocycles. The second kappa shape index (κ2) is 11.7. The van der Waals surface area contributed by atoms with E-state index in [9.17, 15) is 9.59 Å². The Labute approximate surface area is 217 Å². The van der Waals surface area contributed by atoms with Crippen LogP contribution in [0.3, 0.4) is 0 Å². The smallest absolute Gasteiger partial charge is 0.246 e. The maximum absolute atomic E-state index is 12.8. The van der Waals surface area contributed by atoms with Gasteiger partial charge in [0.25, 0.3) is 0 Å². The highest BCUT2D eigenvalue weighted by Crippen LogP contribution is 2.23. The molecule has 2 N–H and O–H groups in total. The van der Waals surface area contributed by atoms with Gasteiger partial charge in [-0.3, -0.25) is 14.6 Å². The van der Waals surface area contributed by atoms with Crippen molar-refractivity contribution in [1.82, 2.24) is 19.7 Å². The topological polar surface area (TPSA) is 111 Å². The van der Waals surface area contributed by atoms with Crippen molar-refractivity contribution in [2.75, 3.05) is 23.5 Å². The Kier molecular flexibility index (Phi) is 8.19. The molecule has 11 heteroatoms. The molecule has 2 amide bonds. The molecule has 0 radical (unpaired) electrons. The maximum Gasteiger partial charge on any atom is 0.246 e. The lowest BCUT2D eigenvalue weighted by molar-refractivity contribution is -0.117. The number of benzene rings is 2. The minimum atomic E-state index is -0.300. The molecule has 0 saturated carbocycles. The Morgan fingerprint density at radius 1 is 1.00 bits per heavy atom. The van der Waals surface area contributed by atoms with E-state index in [1.165, 1.54) is 16.4 Å². The van der Waals surface area contributed by atoms with E-state index in [1.807, 2.05) is 13.0 Å². The molecule has 0 spiro atoms. The van der Waals surface area contributed by atoms with Crippen LogP contribution >= 0.6 is 23.4 Å². The molecule has 0 unspecified atom stereocenters. The van der Waals surface area contributed by atoms with Gasteiger partial charge in [0.05, 0.1) is 12.9 Å². The second-order valence-corrected chi connectivity index (χ2v) is 9.04. The molecule has 184 valence electrons. The third-order valence-corrected chi connectivity index (χ3v) is 6.41. The third-order valence-electron chi connectivity index (χ3n) is 5.03. The largest absolute Gasteiger partial charge is 0.497 e. The van der Waals surface area contributed by atoms with Crippen LogP contribution in [0.15, 0.2) is 72.1 Å². The lowest BCUT2D eigenvalue weighted by Crippen LogP contribution is -2.20. The van der Waals surface area contributed by atoms with E-state index in [2.05, 4.69) is 25.7 Å². The quantitative estimate of drug-likeness (QED) is 0.307. The maximum atomic E-state index is 12.8. The second-order valence-electron chi connectivity index (χ2n) is 7.69. The fourth-order valence-corrected chi connectivity index (χ4v) is 4.09. The molecule has 2 aromatic carbocycles. The Hall–Kier alpha value is -3.89. The van der Waals surface area contributed by atoms with Crippen LogP contribution in [-0.4, -0.2) is 44.4 Å². The lowest BCUT2D eigenvalue weighted by Gasteiger charge is -2.09. The Morgan fingerprint density at radius 2 is 1.69 bits per heavy atom. The molecule has 0 bridgehead atoms. The first kappa shape index (κ1) is 25.2. The van der Waals surface area contributed by atoms with Gasteiger partial charge in [-0.1, -0.05) is 29.4 Å². The number of nitrogens with zero attached hydrogens (tertiary/aromatic N) is 4. The van der Waals surface area contributed by atoms with Gasteiger partial charge < -0.3 is 15.4 Å². The number of hydrogen-bond acceptors (Lipinski definition) is 7. The fourth-order valence-electron chi connectivity index (χ4n) is 3.17. The highest BCUT2D eigenvalue weighted by molar-refractivity contribution is 7.99. The van der Waals surface area contributed by atoms with E-state index in [0.717, 1.165) is 11.1 Å². The summed E-state index contributed by atoms with van der Waals surface area (Å²) in [7, 11) is 1.58. The highest BCUT2D eigenvalue weighted by atomic mass is 35.5. The van der Waals surface area contributed by atoms with Gasteiger partial charge in [0.1, 0.15) is 12.3 Å². The molecular formula is C25H23ClN6O3S. The molecule has 2 aromatic heterocycles. The number of aromatic nitrogens is 4. The van der Waals surface area contributed by atoms with Gasteiger partial charge in [0.15, 0.2) is 11.0 Å². The van der Waals surface area contributed by atoms with Crippen molar-refractivity contribution in [3.63, 3.8) is 0 Å². The predicted molar refractivity (Wildman–Crippen MR) is 140 cm³/mol. The standard InChI is InChI=1S/C25H23ClN6O3S/c1-16-3-4-19(13-21(16)26)29-22(33)14-32-25(30-24(31-32)17-9-11-27-12-10-17)36-15-23(34)28-18-5-7-20(35-2)8-6-18/h3-13H,14-15H2,1-2H3,(H,28,34)(H,29,33). The van der Waals surface area contributed by atoms with Gasteiger partial charge in [-0.15, -0.1) is 5.10 Å². The molecule has 0 aliphatic rings. The van der Waals surface area contributed by atoms with E-state index >= 15 is 0 Å². The third kappa shape index (κ3) is 6.61. The van der Waals surface area contributed by atoms with Crippen molar-refractivity contribution in [2.24, 2.45) is 0 Å². The van der Waals surface area contributed by atoms with Crippen LogP contribution in [-0.2, 0) is 16.1 Å². The van der Waals surface area contributed by atoms with E-state index in [4.69, 9.17) is 16.3 Å². The highest BCUT2D eigenvalue weighted by Gasteiger charge is 2.17. The Bertz CT molecular complexity index is 1360. The normalized spacial score (nSPS) is 10.6. The van der Waals surface area contributed by atoms with Crippen LogP contribution in [0.2, 0.25) is 5.02 Å². The van der Waals surface area contributed by atoms with E-state index in [-0.39, 0.29) is 24.1 Å². The minimum absolute atomic E-state index is 0.0791. The summed E-state index contributed by atoms with van der Waals surface area (Å²) in [6, 6.07) is 15.9. The van der Waals surface area contributed by atoms with Crippen LogP contribution in [0.5, 0.6) is 5.75 Å². The Morgan fingerprint density at radius 3 is 2.39 bits per heavy atom. The van der Waals surface area contributed by atoms with E-state index < -0.39 is 0 Å².